The summed E-state index contributed by atoms with van der Waals surface area (Å²) in [5.74, 6) is -0.0479. The maximum absolute atomic E-state index is 12.7. The van der Waals surface area contributed by atoms with E-state index in [1.165, 1.54) is 12.8 Å². The molecule has 5 nitrogen and oxygen atoms in total. The number of hydroxylamine groups is 1. The predicted octanol–water partition coefficient (Wildman–Crippen LogP) is 4.28. The summed E-state index contributed by atoms with van der Waals surface area (Å²) in [6.45, 7) is 2.48. The Morgan fingerprint density at radius 1 is 1.33 bits per heavy atom. The SMILES string of the molecule is CC(CCc1[c]c(Cl)ccc1Cl)CC(=O)N(CC(=O)NO)CC1CCCC1. The number of carbonyl (C=O) groups excluding carboxylic acids is 2. The first kappa shape index (κ1) is 22.0. The normalized spacial score (nSPS) is 15.6. The molecule has 0 heterocycles. The Kier molecular flexibility index (Phi) is 8.87. The van der Waals surface area contributed by atoms with Gasteiger partial charge in [0.2, 0.25) is 5.91 Å². The van der Waals surface area contributed by atoms with E-state index in [4.69, 9.17) is 28.4 Å². The summed E-state index contributed by atoms with van der Waals surface area (Å²) >= 11 is 12.1. The van der Waals surface area contributed by atoms with E-state index in [1.807, 2.05) is 6.92 Å². The molecular formula is C20H27Cl2N2O3. The lowest BCUT2D eigenvalue weighted by molar-refractivity contribution is -0.140. The molecule has 0 spiro atoms. The number of nitrogens with zero attached hydrogens (tertiary/aromatic N) is 1. The molecule has 0 aliphatic heterocycles. The molecular weight excluding hydrogens is 387 g/mol. The second kappa shape index (κ2) is 10.9. The summed E-state index contributed by atoms with van der Waals surface area (Å²) in [6, 6.07) is 6.50. The highest BCUT2D eigenvalue weighted by molar-refractivity contribution is 6.33. The van der Waals surface area contributed by atoms with E-state index in [0.717, 1.165) is 24.8 Å². The fourth-order valence-corrected chi connectivity index (χ4v) is 3.94. The molecule has 1 aliphatic carbocycles. The zero-order chi connectivity index (χ0) is 19.8. The van der Waals surface area contributed by atoms with Gasteiger partial charge in [-0.25, -0.2) is 5.48 Å². The highest BCUT2D eigenvalue weighted by atomic mass is 35.5. The molecule has 1 aromatic carbocycles. The lowest BCUT2D eigenvalue weighted by Crippen LogP contribution is -2.42. The summed E-state index contributed by atoms with van der Waals surface area (Å²) in [4.78, 5) is 25.9. The Bertz CT molecular complexity index is 648. The summed E-state index contributed by atoms with van der Waals surface area (Å²) in [6.07, 6.45) is 6.33. The van der Waals surface area contributed by atoms with Crippen molar-refractivity contribution in [1.29, 1.82) is 0 Å². The fraction of sp³-hybridized carbons (Fsp3) is 0.600. The molecule has 2 N–H and O–H groups in total. The molecule has 1 unspecified atom stereocenters. The van der Waals surface area contributed by atoms with E-state index in [2.05, 4.69) is 6.07 Å². The maximum Gasteiger partial charge on any atom is 0.262 e. The van der Waals surface area contributed by atoms with Crippen LogP contribution in [0.15, 0.2) is 12.1 Å². The standard InChI is InChI=1S/C20H27Cl2N2O3/c1-14(6-7-16-11-17(21)8-9-18(16)22)10-20(26)24(13-19(25)23-27)12-15-4-2-3-5-15/h8-9,14-15,27H,2-7,10,12-13H2,1H3,(H,23,25). The van der Waals surface area contributed by atoms with E-state index < -0.39 is 5.91 Å². The molecule has 7 heteroatoms. The highest BCUT2D eigenvalue weighted by Gasteiger charge is 2.24. The van der Waals surface area contributed by atoms with Crippen molar-refractivity contribution in [2.45, 2.75) is 51.9 Å². The van der Waals surface area contributed by atoms with Gasteiger partial charge in [0.05, 0.1) is 0 Å². The fourth-order valence-electron chi connectivity index (χ4n) is 3.56. The zero-order valence-corrected chi connectivity index (χ0v) is 17.2. The maximum atomic E-state index is 12.7. The van der Waals surface area contributed by atoms with Crippen molar-refractivity contribution in [2.75, 3.05) is 13.1 Å². The van der Waals surface area contributed by atoms with Gasteiger partial charge in [0.1, 0.15) is 6.54 Å². The summed E-state index contributed by atoms with van der Waals surface area (Å²) in [7, 11) is 0. The third-order valence-corrected chi connectivity index (χ3v) is 5.68. The van der Waals surface area contributed by atoms with Crippen LogP contribution in [0.25, 0.3) is 0 Å². The van der Waals surface area contributed by atoms with Gasteiger partial charge in [0.15, 0.2) is 0 Å². The number of halogens is 2. The van der Waals surface area contributed by atoms with Crippen molar-refractivity contribution in [3.8, 4) is 0 Å². The van der Waals surface area contributed by atoms with E-state index in [9.17, 15) is 9.59 Å². The average Bonchev–Trinajstić information content (AvgIpc) is 3.14. The molecule has 0 aromatic heterocycles. The molecule has 1 aliphatic rings. The van der Waals surface area contributed by atoms with Gasteiger partial charge in [-0.05, 0) is 55.2 Å². The van der Waals surface area contributed by atoms with Gasteiger partial charge in [0, 0.05) is 29.1 Å². The van der Waals surface area contributed by atoms with Gasteiger partial charge in [0.25, 0.3) is 5.91 Å². The third kappa shape index (κ3) is 7.32. The molecule has 1 fully saturated rings. The van der Waals surface area contributed by atoms with Crippen molar-refractivity contribution in [3.63, 3.8) is 0 Å². The Labute approximate surface area is 171 Å². The highest BCUT2D eigenvalue weighted by Crippen LogP contribution is 2.26. The van der Waals surface area contributed by atoms with Crippen LogP contribution in [0.4, 0.5) is 0 Å². The number of hydrogen-bond donors (Lipinski definition) is 2. The minimum atomic E-state index is -0.561. The van der Waals surface area contributed by atoms with Crippen molar-refractivity contribution in [3.05, 3.63) is 33.8 Å². The van der Waals surface area contributed by atoms with Crippen LogP contribution in [0.1, 0.15) is 51.0 Å². The van der Waals surface area contributed by atoms with Crippen LogP contribution in [0, 0.1) is 17.9 Å². The number of aryl methyl sites for hydroxylation is 1. The predicted molar refractivity (Wildman–Crippen MR) is 106 cm³/mol. The molecule has 1 atom stereocenters. The molecule has 1 radical (unpaired) electrons. The smallest absolute Gasteiger partial charge is 0.262 e. The molecule has 2 rings (SSSR count). The first-order valence-corrected chi connectivity index (χ1v) is 10.2. The number of carbonyl (C=O) groups is 2. The first-order valence-electron chi connectivity index (χ1n) is 9.46. The monoisotopic (exact) mass is 413 g/mol. The van der Waals surface area contributed by atoms with E-state index in [1.54, 1.807) is 22.5 Å². The van der Waals surface area contributed by atoms with Gasteiger partial charge < -0.3 is 4.90 Å². The molecule has 1 saturated carbocycles. The van der Waals surface area contributed by atoms with Crippen LogP contribution < -0.4 is 5.48 Å². The van der Waals surface area contributed by atoms with Crippen molar-refractivity contribution >= 4 is 35.0 Å². The number of amides is 2. The van der Waals surface area contributed by atoms with Gasteiger partial charge in [-0.2, -0.15) is 0 Å². The Balaban J connectivity index is 1.89. The Morgan fingerprint density at radius 3 is 2.70 bits per heavy atom. The molecule has 2 amide bonds. The zero-order valence-electron chi connectivity index (χ0n) is 15.6. The minimum Gasteiger partial charge on any atom is -0.333 e. The van der Waals surface area contributed by atoms with Crippen LogP contribution in [-0.4, -0.2) is 35.0 Å². The van der Waals surface area contributed by atoms with Crippen LogP contribution in [0.5, 0.6) is 0 Å². The van der Waals surface area contributed by atoms with Crippen LogP contribution in [-0.2, 0) is 16.0 Å². The molecule has 27 heavy (non-hydrogen) atoms. The second-order valence-electron chi connectivity index (χ2n) is 7.44. The van der Waals surface area contributed by atoms with Crippen molar-refractivity contribution < 1.29 is 14.8 Å². The van der Waals surface area contributed by atoms with Crippen LogP contribution in [0.3, 0.4) is 0 Å². The molecule has 0 bridgehead atoms. The Morgan fingerprint density at radius 2 is 2.04 bits per heavy atom. The average molecular weight is 414 g/mol. The third-order valence-electron chi connectivity index (χ3n) is 5.11. The lowest BCUT2D eigenvalue weighted by atomic mass is 9.97. The van der Waals surface area contributed by atoms with E-state index in [-0.39, 0.29) is 18.4 Å². The first-order chi connectivity index (χ1) is 12.9. The number of benzene rings is 1. The van der Waals surface area contributed by atoms with E-state index in [0.29, 0.717) is 35.3 Å². The van der Waals surface area contributed by atoms with Crippen molar-refractivity contribution in [2.24, 2.45) is 11.8 Å². The summed E-state index contributed by atoms with van der Waals surface area (Å²) in [5.41, 5.74) is 2.48. The second-order valence-corrected chi connectivity index (χ2v) is 8.25. The van der Waals surface area contributed by atoms with Crippen molar-refractivity contribution in [1.82, 2.24) is 10.4 Å². The molecule has 149 valence electrons. The summed E-state index contributed by atoms with van der Waals surface area (Å²) < 4.78 is 0. The van der Waals surface area contributed by atoms with E-state index >= 15 is 0 Å². The lowest BCUT2D eigenvalue weighted by Gasteiger charge is -2.26. The van der Waals surface area contributed by atoms with Crippen LogP contribution in [0.2, 0.25) is 10.0 Å². The number of nitrogens with one attached hydrogen (secondary N) is 1. The number of rotatable bonds is 9. The van der Waals surface area contributed by atoms with Gasteiger partial charge in [-0.15, -0.1) is 0 Å². The van der Waals surface area contributed by atoms with Gasteiger partial charge in [-0.3, -0.25) is 14.8 Å². The van der Waals surface area contributed by atoms with Gasteiger partial charge >= 0.3 is 0 Å². The topological polar surface area (TPSA) is 69.6 Å². The van der Waals surface area contributed by atoms with Crippen LogP contribution >= 0.6 is 23.2 Å². The summed E-state index contributed by atoms with van der Waals surface area (Å²) in [5, 5.41) is 9.95. The molecule has 0 saturated heterocycles. The minimum absolute atomic E-state index is 0.0563. The van der Waals surface area contributed by atoms with Gasteiger partial charge in [-0.1, -0.05) is 43.0 Å². The molecule has 1 aromatic rings. The Hall–Kier alpha value is -1.30. The largest absolute Gasteiger partial charge is 0.333 e. The number of hydrogen-bond acceptors (Lipinski definition) is 3. The quantitative estimate of drug-likeness (QED) is 0.468.